The number of methoxy groups -OCH3 is 1. The van der Waals surface area contributed by atoms with Crippen LogP contribution >= 0.6 is 0 Å². The van der Waals surface area contributed by atoms with E-state index in [-0.39, 0.29) is 0 Å². The third-order valence-electron chi connectivity index (χ3n) is 3.26. The van der Waals surface area contributed by atoms with Crippen LogP contribution in [0.5, 0.6) is 0 Å². The van der Waals surface area contributed by atoms with Crippen LogP contribution in [0.1, 0.15) is 32.6 Å². The lowest BCUT2D eigenvalue weighted by Crippen LogP contribution is -2.30. The minimum Gasteiger partial charge on any atom is -0.381 e. The van der Waals surface area contributed by atoms with Crippen molar-refractivity contribution in [2.24, 2.45) is 5.92 Å². The Morgan fingerprint density at radius 2 is 1.85 bits per heavy atom. The zero-order chi connectivity index (χ0) is 9.84. The van der Waals surface area contributed by atoms with Gasteiger partial charge in [0.1, 0.15) is 0 Å². The molecule has 0 spiro atoms. The van der Waals surface area contributed by atoms with Gasteiger partial charge in [-0.2, -0.15) is 0 Å². The first kappa shape index (κ1) is 11.0. The summed E-state index contributed by atoms with van der Waals surface area (Å²) in [6.07, 6.45) is 5.59. The summed E-state index contributed by atoms with van der Waals surface area (Å²) < 4.78 is 5.50. The van der Waals surface area contributed by atoms with Crippen molar-refractivity contribution in [2.45, 2.75) is 44.8 Å². The van der Waals surface area contributed by atoms with E-state index in [0.717, 1.165) is 12.0 Å². The van der Waals surface area contributed by atoms with Gasteiger partial charge in [-0.1, -0.05) is 6.92 Å². The van der Waals surface area contributed by atoms with Gasteiger partial charge in [0.05, 0.1) is 6.10 Å². The Hall–Kier alpha value is -0.0800. The Bertz CT molecular complexity index is 147. The molecule has 0 N–H and O–H groups in total. The van der Waals surface area contributed by atoms with Gasteiger partial charge in [0, 0.05) is 13.2 Å². The summed E-state index contributed by atoms with van der Waals surface area (Å²) in [6, 6.07) is 0.717. The summed E-state index contributed by atoms with van der Waals surface area (Å²) in [6.45, 7) is 2.34. The molecule has 1 aliphatic carbocycles. The lowest BCUT2D eigenvalue weighted by molar-refractivity contribution is 0.0653. The van der Waals surface area contributed by atoms with Gasteiger partial charge in [0.15, 0.2) is 0 Å². The number of nitrogens with zero attached hydrogens (tertiary/aromatic N) is 1. The molecule has 1 aliphatic rings. The SMILES string of the molecule is COC1CC(C)CCC(N(C)C)C1. The standard InChI is InChI=1S/C11H23NO/c1-9-5-6-10(12(2)3)8-11(7-9)13-4/h9-11H,5-8H2,1-4H3. The second-order valence-electron chi connectivity index (χ2n) is 4.63. The fraction of sp³-hybridized carbons (Fsp3) is 1.00. The Balaban J connectivity index is 2.51. The molecule has 0 radical (unpaired) electrons. The van der Waals surface area contributed by atoms with Crippen LogP contribution in [0.3, 0.4) is 0 Å². The minimum atomic E-state index is 0.477. The van der Waals surface area contributed by atoms with Crippen LogP contribution in [-0.4, -0.2) is 38.3 Å². The van der Waals surface area contributed by atoms with Gasteiger partial charge in [-0.05, 0) is 45.7 Å². The van der Waals surface area contributed by atoms with Crippen molar-refractivity contribution >= 4 is 0 Å². The quantitative estimate of drug-likeness (QED) is 0.611. The minimum absolute atomic E-state index is 0.477. The van der Waals surface area contributed by atoms with Crippen LogP contribution in [0.15, 0.2) is 0 Å². The molecule has 0 amide bonds. The summed E-state index contributed by atoms with van der Waals surface area (Å²) >= 11 is 0. The molecule has 0 aromatic carbocycles. The zero-order valence-electron chi connectivity index (χ0n) is 9.42. The van der Waals surface area contributed by atoms with E-state index in [0.29, 0.717) is 6.10 Å². The maximum atomic E-state index is 5.50. The molecular weight excluding hydrogens is 162 g/mol. The van der Waals surface area contributed by atoms with Crippen LogP contribution in [0.2, 0.25) is 0 Å². The van der Waals surface area contributed by atoms with E-state index < -0.39 is 0 Å². The van der Waals surface area contributed by atoms with Gasteiger partial charge in [-0.25, -0.2) is 0 Å². The summed E-state index contributed by atoms with van der Waals surface area (Å²) in [4.78, 5) is 2.34. The smallest absolute Gasteiger partial charge is 0.0588 e. The van der Waals surface area contributed by atoms with Crippen LogP contribution in [0.25, 0.3) is 0 Å². The first-order valence-electron chi connectivity index (χ1n) is 5.32. The van der Waals surface area contributed by atoms with Crippen LogP contribution in [0.4, 0.5) is 0 Å². The molecular formula is C11H23NO. The normalized spacial score (nSPS) is 36.2. The summed E-state index contributed by atoms with van der Waals surface area (Å²) in [5, 5.41) is 0. The lowest BCUT2D eigenvalue weighted by Gasteiger charge is -2.25. The maximum absolute atomic E-state index is 5.50. The van der Waals surface area contributed by atoms with Gasteiger partial charge in [-0.3, -0.25) is 0 Å². The highest BCUT2D eigenvalue weighted by molar-refractivity contribution is 4.78. The predicted molar refractivity (Wildman–Crippen MR) is 55.9 cm³/mol. The van der Waals surface area contributed by atoms with Crippen molar-refractivity contribution in [2.75, 3.05) is 21.2 Å². The average molecular weight is 185 g/mol. The van der Waals surface area contributed by atoms with E-state index in [1.165, 1.54) is 25.7 Å². The number of ether oxygens (including phenoxy) is 1. The van der Waals surface area contributed by atoms with Gasteiger partial charge < -0.3 is 9.64 Å². The van der Waals surface area contributed by atoms with E-state index in [4.69, 9.17) is 4.74 Å². The average Bonchev–Trinajstić information content (AvgIpc) is 2.26. The van der Waals surface area contributed by atoms with E-state index in [1.807, 2.05) is 7.11 Å². The topological polar surface area (TPSA) is 12.5 Å². The van der Waals surface area contributed by atoms with Gasteiger partial charge in [0.2, 0.25) is 0 Å². The second kappa shape index (κ2) is 4.97. The number of hydrogen-bond acceptors (Lipinski definition) is 2. The van der Waals surface area contributed by atoms with E-state index in [2.05, 4.69) is 25.9 Å². The Kier molecular flexibility index (Phi) is 4.20. The molecule has 13 heavy (non-hydrogen) atoms. The third kappa shape index (κ3) is 3.28. The maximum Gasteiger partial charge on any atom is 0.0588 e. The van der Waals surface area contributed by atoms with E-state index >= 15 is 0 Å². The van der Waals surface area contributed by atoms with E-state index in [1.54, 1.807) is 0 Å². The lowest BCUT2D eigenvalue weighted by atomic mass is 10.0. The molecule has 1 saturated carbocycles. The summed E-state index contributed by atoms with van der Waals surface area (Å²) in [5.41, 5.74) is 0. The van der Waals surface area contributed by atoms with Crippen molar-refractivity contribution in [3.05, 3.63) is 0 Å². The van der Waals surface area contributed by atoms with Gasteiger partial charge >= 0.3 is 0 Å². The van der Waals surface area contributed by atoms with E-state index in [9.17, 15) is 0 Å². The molecule has 3 unspecified atom stereocenters. The summed E-state index contributed by atoms with van der Waals surface area (Å²) in [7, 11) is 6.19. The first-order valence-corrected chi connectivity index (χ1v) is 5.32. The van der Waals surface area contributed by atoms with Gasteiger partial charge in [0.25, 0.3) is 0 Å². The molecule has 0 bridgehead atoms. The summed E-state index contributed by atoms with van der Waals surface area (Å²) in [5.74, 6) is 0.829. The molecule has 2 heteroatoms. The molecule has 2 nitrogen and oxygen atoms in total. The van der Waals surface area contributed by atoms with Crippen LogP contribution < -0.4 is 0 Å². The zero-order valence-corrected chi connectivity index (χ0v) is 9.42. The predicted octanol–water partition coefficient (Wildman–Crippen LogP) is 2.14. The monoisotopic (exact) mass is 185 g/mol. The van der Waals surface area contributed by atoms with Crippen molar-refractivity contribution < 1.29 is 4.74 Å². The van der Waals surface area contributed by atoms with Crippen molar-refractivity contribution in [3.8, 4) is 0 Å². The number of rotatable bonds is 2. The molecule has 0 aliphatic heterocycles. The highest BCUT2D eigenvalue weighted by Gasteiger charge is 2.24. The molecule has 0 heterocycles. The third-order valence-corrected chi connectivity index (χ3v) is 3.26. The molecule has 1 rings (SSSR count). The number of hydrogen-bond donors (Lipinski definition) is 0. The van der Waals surface area contributed by atoms with Crippen molar-refractivity contribution in [3.63, 3.8) is 0 Å². The molecule has 0 aromatic rings. The largest absolute Gasteiger partial charge is 0.381 e. The Labute approximate surface area is 82.3 Å². The first-order chi connectivity index (χ1) is 6.13. The second-order valence-corrected chi connectivity index (χ2v) is 4.63. The molecule has 0 aromatic heterocycles. The molecule has 1 fully saturated rings. The van der Waals surface area contributed by atoms with Crippen LogP contribution in [-0.2, 0) is 4.74 Å². The van der Waals surface area contributed by atoms with Crippen molar-refractivity contribution in [1.82, 2.24) is 4.90 Å². The fourth-order valence-electron chi connectivity index (χ4n) is 2.22. The van der Waals surface area contributed by atoms with Crippen LogP contribution in [0, 0.1) is 5.92 Å². The highest BCUT2D eigenvalue weighted by atomic mass is 16.5. The fourth-order valence-corrected chi connectivity index (χ4v) is 2.22. The van der Waals surface area contributed by atoms with Gasteiger partial charge in [-0.15, -0.1) is 0 Å². The Morgan fingerprint density at radius 1 is 1.15 bits per heavy atom. The highest BCUT2D eigenvalue weighted by Crippen LogP contribution is 2.26. The Morgan fingerprint density at radius 3 is 2.38 bits per heavy atom. The molecule has 0 saturated heterocycles. The van der Waals surface area contributed by atoms with Crippen molar-refractivity contribution in [1.29, 1.82) is 0 Å². The molecule has 3 atom stereocenters. The molecule has 78 valence electrons.